The molecule has 0 bridgehead atoms. The molecule has 0 aliphatic carbocycles. The van der Waals surface area contributed by atoms with E-state index < -0.39 is 0 Å². The standard InChI is InChI=1S/C14H14ClN3OS/c1-3-9-7-10-12(17-14(15)18-13(10)20-9)16-8(2)11-5-4-6-19-11/h4-8H,3H2,1-2H3,(H,16,17,18). The molecule has 1 unspecified atom stereocenters. The monoisotopic (exact) mass is 307 g/mol. The summed E-state index contributed by atoms with van der Waals surface area (Å²) in [6, 6.07) is 5.94. The maximum atomic E-state index is 6.01. The van der Waals surface area contributed by atoms with Gasteiger partial charge in [-0.05, 0) is 43.1 Å². The molecule has 0 saturated heterocycles. The Hall–Kier alpha value is -1.59. The van der Waals surface area contributed by atoms with E-state index in [9.17, 15) is 0 Å². The van der Waals surface area contributed by atoms with Crippen molar-refractivity contribution in [1.29, 1.82) is 0 Å². The van der Waals surface area contributed by atoms with Crippen LogP contribution in [0.3, 0.4) is 0 Å². The average Bonchev–Trinajstić information content (AvgIpc) is 3.07. The predicted octanol–water partition coefficient (Wildman–Crippen LogP) is 4.67. The number of furan rings is 1. The summed E-state index contributed by atoms with van der Waals surface area (Å²) in [7, 11) is 0. The Morgan fingerprint density at radius 3 is 3.00 bits per heavy atom. The fraction of sp³-hybridized carbons (Fsp3) is 0.286. The van der Waals surface area contributed by atoms with E-state index in [2.05, 4.69) is 28.3 Å². The van der Waals surface area contributed by atoms with Gasteiger partial charge in [-0.3, -0.25) is 0 Å². The summed E-state index contributed by atoms with van der Waals surface area (Å²) in [5.74, 6) is 1.61. The van der Waals surface area contributed by atoms with Crippen LogP contribution in [0.2, 0.25) is 5.28 Å². The molecule has 3 heterocycles. The predicted molar refractivity (Wildman–Crippen MR) is 82.5 cm³/mol. The highest BCUT2D eigenvalue weighted by Gasteiger charge is 2.14. The summed E-state index contributed by atoms with van der Waals surface area (Å²) in [4.78, 5) is 10.8. The Morgan fingerprint density at radius 2 is 2.30 bits per heavy atom. The fourth-order valence-electron chi connectivity index (χ4n) is 2.04. The second-order valence-corrected chi connectivity index (χ2v) is 5.96. The Bertz CT molecular complexity index is 723. The number of hydrogen-bond acceptors (Lipinski definition) is 5. The topological polar surface area (TPSA) is 51.0 Å². The van der Waals surface area contributed by atoms with Crippen molar-refractivity contribution in [1.82, 2.24) is 9.97 Å². The Morgan fingerprint density at radius 1 is 1.45 bits per heavy atom. The highest BCUT2D eigenvalue weighted by atomic mass is 35.5. The van der Waals surface area contributed by atoms with Crippen LogP contribution in [-0.4, -0.2) is 9.97 Å². The first-order valence-electron chi connectivity index (χ1n) is 6.43. The number of nitrogens with one attached hydrogen (secondary N) is 1. The van der Waals surface area contributed by atoms with E-state index in [0.717, 1.165) is 28.2 Å². The first kappa shape index (κ1) is 13.4. The van der Waals surface area contributed by atoms with Crippen LogP contribution < -0.4 is 5.32 Å². The van der Waals surface area contributed by atoms with Gasteiger partial charge in [0.1, 0.15) is 16.4 Å². The first-order chi connectivity index (χ1) is 9.67. The molecule has 3 rings (SSSR count). The van der Waals surface area contributed by atoms with Gasteiger partial charge in [-0.25, -0.2) is 9.97 Å². The first-order valence-corrected chi connectivity index (χ1v) is 7.62. The van der Waals surface area contributed by atoms with E-state index >= 15 is 0 Å². The minimum Gasteiger partial charge on any atom is -0.467 e. The minimum atomic E-state index is 0.0177. The van der Waals surface area contributed by atoms with Crippen LogP contribution in [0, 0.1) is 0 Å². The third-order valence-corrected chi connectivity index (χ3v) is 4.43. The van der Waals surface area contributed by atoms with Crippen molar-refractivity contribution in [3.05, 3.63) is 40.4 Å². The Labute approximate surface area is 125 Å². The maximum Gasteiger partial charge on any atom is 0.225 e. The van der Waals surface area contributed by atoms with Crippen LogP contribution in [0.15, 0.2) is 28.9 Å². The maximum absolute atomic E-state index is 6.01. The van der Waals surface area contributed by atoms with Gasteiger partial charge >= 0.3 is 0 Å². The Balaban J connectivity index is 1.99. The number of aryl methyl sites for hydroxylation is 1. The molecule has 0 aliphatic rings. The Kier molecular flexibility index (Phi) is 3.63. The highest BCUT2D eigenvalue weighted by Crippen LogP contribution is 2.32. The van der Waals surface area contributed by atoms with Crippen molar-refractivity contribution in [2.24, 2.45) is 0 Å². The zero-order valence-corrected chi connectivity index (χ0v) is 12.8. The fourth-order valence-corrected chi connectivity index (χ4v) is 3.23. The van der Waals surface area contributed by atoms with E-state index in [0.29, 0.717) is 0 Å². The van der Waals surface area contributed by atoms with Crippen LogP contribution in [-0.2, 0) is 6.42 Å². The summed E-state index contributed by atoms with van der Waals surface area (Å²) in [5.41, 5.74) is 0. The molecule has 1 N–H and O–H groups in total. The van der Waals surface area contributed by atoms with E-state index in [1.54, 1.807) is 17.6 Å². The van der Waals surface area contributed by atoms with Crippen LogP contribution in [0.25, 0.3) is 10.2 Å². The molecule has 0 spiro atoms. The van der Waals surface area contributed by atoms with Gasteiger partial charge in [-0.15, -0.1) is 11.3 Å². The minimum absolute atomic E-state index is 0.0177. The number of rotatable bonds is 4. The second-order valence-electron chi connectivity index (χ2n) is 4.51. The zero-order chi connectivity index (χ0) is 14.1. The largest absolute Gasteiger partial charge is 0.467 e. The van der Waals surface area contributed by atoms with Crippen molar-refractivity contribution in [3.63, 3.8) is 0 Å². The molecule has 20 heavy (non-hydrogen) atoms. The zero-order valence-electron chi connectivity index (χ0n) is 11.2. The lowest BCUT2D eigenvalue weighted by atomic mass is 10.2. The van der Waals surface area contributed by atoms with Crippen LogP contribution >= 0.6 is 22.9 Å². The smallest absolute Gasteiger partial charge is 0.225 e. The van der Waals surface area contributed by atoms with Crippen molar-refractivity contribution < 1.29 is 4.42 Å². The van der Waals surface area contributed by atoms with Crippen molar-refractivity contribution in [2.75, 3.05) is 5.32 Å². The van der Waals surface area contributed by atoms with Crippen LogP contribution in [0.5, 0.6) is 0 Å². The lowest BCUT2D eigenvalue weighted by Gasteiger charge is -2.12. The molecule has 3 aromatic rings. The SMILES string of the molecule is CCc1cc2c(NC(C)c3ccco3)nc(Cl)nc2s1. The van der Waals surface area contributed by atoms with Gasteiger partial charge in [0.2, 0.25) is 5.28 Å². The summed E-state index contributed by atoms with van der Waals surface area (Å²) in [6.45, 7) is 4.14. The molecule has 3 aromatic heterocycles. The van der Waals surface area contributed by atoms with E-state index in [-0.39, 0.29) is 11.3 Å². The molecule has 0 aromatic carbocycles. The normalized spacial score (nSPS) is 12.8. The molecule has 6 heteroatoms. The summed E-state index contributed by atoms with van der Waals surface area (Å²) in [5, 5.41) is 4.61. The lowest BCUT2D eigenvalue weighted by Crippen LogP contribution is -2.07. The third kappa shape index (κ3) is 2.51. The summed E-state index contributed by atoms with van der Waals surface area (Å²) < 4.78 is 5.40. The third-order valence-electron chi connectivity index (χ3n) is 3.09. The van der Waals surface area contributed by atoms with Gasteiger partial charge in [-0.2, -0.15) is 0 Å². The number of nitrogens with zero attached hydrogens (tertiary/aromatic N) is 2. The molecular weight excluding hydrogens is 294 g/mol. The van der Waals surface area contributed by atoms with Crippen LogP contribution in [0.1, 0.15) is 30.5 Å². The number of anilines is 1. The van der Waals surface area contributed by atoms with Gasteiger partial charge < -0.3 is 9.73 Å². The van der Waals surface area contributed by atoms with Crippen LogP contribution in [0.4, 0.5) is 5.82 Å². The highest BCUT2D eigenvalue weighted by molar-refractivity contribution is 7.18. The summed E-state index contributed by atoms with van der Waals surface area (Å²) >= 11 is 7.66. The van der Waals surface area contributed by atoms with Gasteiger partial charge in [0.25, 0.3) is 0 Å². The quantitative estimate of drug-likeness (QED) is 0.711. The van der Waals surface area contributed by atoms with Gasteiger partial charge in [-0.1, -0.05) is 6.92 Å². The number of halogens is 1. The molecular formula is C14H14ClN3OS. The van der Waals surface area contributed by atoms with Crippen molar-refractivity contribution >= 4 is 39.0 Å². The van der Waals surface area contributed by atoms with E-state index in [4.69, 9.17) is 16.0 Å². The molecule has 104 valence electrons. The van der Waals surface area contributed by atoms with Gasteiger partial charge in [0, 0.05) is 4.88 Å². The molecule has 0 aliphatic heterocycles. The second kappa shape index (κ2) is 5.42. The average molecular weight is 308 g/mol. The molecule has 0 amide bonds. The summed E-state index contributed by atoms with van der Waals surface area (Å²) in [6.07, 6.45) is 2.64. The number of aromatic nitrogens is 2. The van der Waals surface area contributed by atoms with Crippen molar-refractivity contribution in [2.45, 2.75) is 26.3 Å². The number of fused-ring (bicyclic) bond motifs is 1. The van der Waals surface area contributed by atoms with Gasteiger partial charge in [0.05, 0.1) is 17.7 Å². The van der Waals surface area contributed by atoms with E-state index in [1.165, 1.54) is 4.88 Å². The molecule has 0 fully saturated rings. The van der Waals surface area contributed by atoms with Crippen molar-refractivity contribution in [3.8, 4) is 0 Å². The molecule has 0 saturated carbocycles. The van der Waals surface area contributed by atoms with E-state index in [1.807, 2.05) is 19.1 Å². The molecule has 0 radical (unpaired) electrons. The molecule has 1 atom stereocenters. The lowest BCUT2D eigenvalue weighted by molar-refractivity contribution is 0.490. The number of thiophene rings is 1. The molecule has 4 nitrogen and oxygen atoms in total. The number of hydrogen-bond donors (Lipinski definition) is 1. The van der Waals surface area contributed by atoms with Gasteiger partial charge in [0.15, 0.2) is 0 Å².